The lowest BCUT2D eigenvalue weighted by Crippen LogP contribution is -2.31. The van der Waals surface area contributed by atoms with Gasteiger partial charge in [0, 0.05) is 30.1 Å². The molecule has 8 nitrogen and oxygen atoms in total. The second-order valence-corrected chi connectivity index (χ2v) is 7.79. The zero-order valence-corrected chi connectivity index (χ0v) is 18.8. The number of aliphatic imine (C=N–C) groups is 1. The lowest BCUT2D eigenvalue weighted by atomic mass is 10.00. The molecule has 8 heteroatoms. The van der Waals surface area contributed by atoms with E-state index in [9.17, 15) is 14.7 Å². The van der Waals surface area contributed by atoms with Gasteiger partial charge < -0.3 is 25.5 Å². The molecule has 0 radical (unpaired) electrons. The molecular weight excluding hydrogens is 432 g/mol. The molecule has 0 aliphatic heterocycles. The van der Waals surface area contributed by atoms with Gasteiger partial charge in [-0.2, -0.15) is 0 Å². The van der Waals surface area contributed by atoms with Crippen LogP contribution in [0.15, 0.2) is 77.8 Å². The van der Waals surface area contributed by atoms with E-state index in [1.165, 1.54) is 12.0 Å². The summed E-state index contributed by atoms with van der Waals surface area (Å²) in [5, 5.41) is 11.5. The van der Waals surface area contributed by atoms with Gasteiger partial charge in [0.05, 0.1) is 29.6 Å². The van der Waals surface area contributed by atoms with Crippen LogP contribution in [0, 0.1) is 0 Å². The Balaban J connectivity index is 1.80. The molecule has 4 aromatic rings. The van der Waals surface area contributed by atoms with Crippen LogP contribution in [-0.4, -0.2) is 46.9 Å². The summed E-state index contributed by atoms with van der Waals surface area (Å²) in [7, 11) is 2.95. The van der Waals surface area contributed by atoms with E-state index in [1.54, 1.807) is 25.2 Å². The van der Waals surface area contributed by atoms with Gasteiger partial charge in [-0.25, -0.2) is 14.6 Å². The smallest absolute Gasteiger partial charge is 0.337 e. The van der Waals surface area contributed by atoms with Crippen LogP contribution in [0.2, 0.25) is 0 Å². The summed E-state index contributed by atoms with van der Waals surface area (Å²) in [6.07, 6.45) is 0. The molecule has 0 saturated carbocycles. The van der Waals surface area contributed by atoms with E-state index in [2.05, 4.69) is 4.98 Å². The SMILES string of the molecule is COC(=O)c1ccc2c(C(=Nc3ccc(CN(C)C(N)=O)cc3)c3ccccc3)c(O)[nH]c2c1. The monoisotopic (exact) mass is 456 g/mol. The summed E-state index contributed by atoms with van der Waals surface area (Å²) in [6, 6.07) is 21.5. The van der Waals surface area contributed by atoms with Gasteiger partial charge in [0.25, 0.3) is 0 Å². The van der Waals surface area contributed by atoms with Crippen molar-refractivity contribution >= 4 is 34.3 Å². The predicted molar refractivity (Wildman–Crippen MR) is 131 cm³/mol. The first-order chi connectivity index (χ1) is 16.4. The third-order valence-electron chi connectivity index (χ3n) is 5.46. The number of carbonyl (C=O) groups is 2. The van der Waals surface area contributed by atoms with Gasteiger partial charge >= 0.3 is 12.0 Å². The topological polar surface area (TPSA) is 121 Å². The average Bonchev–Trinajstić information content (AvgIpc) is 3.18. The number of nitrogens with two attached hydrogens (primary N) is 1. The number of H-pyrrole nitrogens is 1. The highest BCUT2D eigenvalue weighted by atomic mass is 16.5. The fourth-order valence-electron chi connectivity index (χ4n) is 3.69. The number of hydrogen-bond donors (Lipinski definition) is 3. The quantitative estimate of drug-likeness (QED) is 0.295. The zero-order chi connectivity index (χ0) is 24.2. The zero-order valence-electron chi connectivity index (χ0n) is 18.8. The Hall–Kier alpha value is -4.59. The lowest BCUT2D eigenvalue weighted by Gasteiger charge is -2.14. The molecule has 0 aliphatic rings. The molecule has 172 valence electrons. The number of urea groups is 1. The highest BCUT2D eigenvalue weighted by molar-refractivity contribution is 6.22. The Morgan fingerprint density at radius 1 is 1.03 bits per heavy atom. The van der Waals surface area contributed by atoms with Crippen LogP contribution >= 0.6 is 0 Å². The Labute approximate surface area is 196 Å². The number of aromatic amines is 1. The summed E-state index contributed by atoms with van der Waals surface area (Å²) in [6.45, 7) is 0.386. The van der Waals surface area contributed by atoms with Gasteiger partial charge in [-0.3, -0.25) is 0 Å². The number of fused-ring (bicyclic) bond motifs is 1. The number of nitrogens with zero attached hydrogens (tertiary/aromatic N) is 2. The molecule has 1 aromatic heterocycles. The van der Waals surface area contributed by atoms with Gasteiger partial charge in [-0.05, 0) is 29.8 Å². The van der Waals surface area contributed by atoms with Crippen molar-refractivity contribution in [3.63, 3.8) is 0 Å². The van der Waals surface area contributed by atoms with E-state index in [0.29, 0.717) is 40.0 Å². The van der Waals surface area contributed by atoms with E-state index in [4.69, 9.17) is 15.5 Å². The number of amides is 2. The molecule has 4 rings (SSSR count). The van der Waals surface area contributed by atoms with E-state index in [0.717, 1.165) is 11.1 Å². The van der Waals surface area contributed by atoms with Crippen LogP contribution in [0.3, 0.4) is 0 Å². The molecule has 3 aromatic carbocycles. The number of aromatic hydroxyl groups is 1. The minimum Gasteiger partial charge on any atom is -0.494 e. The van der Waals surface area contributed by atoms with Crippen molar-refractivity contribution in [3.8, 4) is 5.88 Å². The van der Waals surface area contributed by atoms with Crippen molar-refractivity contribution in [1.82, 2.24) is 9.88 Å². The Morgan fingerprint density at radius 3 is 2.38 bits per heavy atom. The summed E-state index contributed by atoms with van der Waals surface area (Å²) in [5.41, 5.74) is 9.75. The maximum atomic E-state index is 11.9. The van der Waals surface area contributed by atoms with Gasteiger partial charge in [-0.15, -0.1) is 0 Å². The fraction of sp³-hybridized carbons (Fsp3) is 0.115. The molecule has 0 spiro atoms. The molecule has 4 N–H and O–H groups in total. The first-order valence-electron chi connectivity index (χ1n) is 10.5. The molecule has 1 heterocycles. The minimum atomic E-state index is -0.501. The summed E-state index contributed by atoms with van der Waals surface area (Å²) >= 11 is 0. The summed E-state index contributed by atoms with van der Waals surface area (Å²) in [5.74, 6) is -0.518. The number of hydrogen-bond acceptors (Lipinski definition) is 5. The maximum Gasteiger partial charge on any atom is 0.337 e. The van der Waals surface area contributed by atoms with Crippen LogP contribution in [0.25, 0.3) is 10.9 Å². The molecule has 0 unspecified atom stereocenters. The molecule has 0 bridgehead atoms. The van der Waals surface area contributed by atoms with Crippen molar-refractivity contribution < 1.29 is 19.4 Å². The molecule has 0 atom stereocenters. The Morgan fingerprint density at radius 2 is 1.74 bits per heavy atom. The van der Waals surface area contributed by atoms with Crippen molar-refractivity contribution in [2.75, 3.05) is 14.2 Å². The highest BCUT2D eigenvalue weighted by Gasteiger charge is 2.20. The normalized spacial score (nSPS) is 11.4. The summed E-state index contributed by atoms with van der Waals surface area (Å²) < 4.78 is 4.80. The predicted octanol–water partition coefficient (Wildman–Crippen LogP) is 4.34. The van der Waals surface area contributed by atoms with Gasteiger partial charge in [0.1, 0.15) is 0 Å². The van der Waals surface area contributed by atoms with E-state index >= 15 is 0 Å². The largest absolute Gasteiger partial charge is 0.494 e. The van der Waals surface area contributed by atoms with E-state index in [-0.39, 0.29) is 5.88 Å². The number of rotatable bonds is 6. The second kappa shape index (κ2) is 9.50. The van der Waals surface area contributed by atoms with Crippen LogP contribution in [0.5, 0.6) is 5.88 Å². The molecular formula is C26H24N4O4. The van der Waals surface area contributed by atoms with Crippen LogP contribution < -0.4 is 5.73 Å². The van der Waals surface area contributed by atoms with Crippen molar-refractivity contribution in [2.45, 2.75) is 6.54 Å². The Bertz CT molecular complexity index is 1380. The van der Waals surface area contributed by atoms with Crippen LogP contribution in [0.4, 0.5) is 10.5 Å². The van der Waals surface area contributed by atoms with Crippen LogP contribution in [-0.2, 0) is 11.3 Å². The number of benzene rings is 3. The number of methoxy groups -OCH3 is 1. The number of ether oxygens (including phenoxy) is 1. The highest BCUT2D eigenvalue weighted by Crippen LogP contribution is 2.32. The van der Waals surface area contributed by atoms with Gasteiger partial charge in [0.2, 0.25) is 0 Å². The molecule has 34 heavy (non-hydrogen) atoms. The van der Waals surface area contributed by atoms with E-state index < -0.39 is 12.0 Å². The number of aromatic nitrogens is 1. The number of primary amides is 1. The van der Waals surface area contributed by atoms with Crippen LogP contribution in [0.1, 0.15) is 27.0 Å². The standard InChI is InChI=1S/C26H24N4O4/c1-30(26(27)33)15-16-8-11-19(12-9-16)28-23(17-6-4-3-5-7-17)22-20-13-10-18(25(32)34-2)14-21(20)29-24(22)31/h3-14,29,31H,15H2,1-2H3,(H2,27,33). The minimum absolute atomic E-state index is 0.0562. The van der Waals surface area contributed by atoms with Crippen molar-refractivity contribution in [1.29, 1.82) is 0 Å². The first kappa shape index (κ1) is 22.6. The summed E-state index contributed by atoms with van der Waals surface area (Å²) in [4.78, 5) is 32.4. The Kier molecular flexibility index (Phi) is 6.31. The van der Waals surface area contributed by atoms with E-state index in [1.807, 2.05) is 54.6 Å². The van der Waals surface area contributed by atoms with Crippen molar-refractivity contribution in [2.24, 2.45) is 10.7 Å². The number of esters is 1. The first-order valence-corrected chi connectivity index (χ1v) is 10.5. The lowest BCUT2D eigenvalue weighted by molar-refractivity contribution is 0.0601. The molecule has 0 saturated heterocycles. The third kappa shape index (κ3) is 4.61. The number of carbonyl (C=O) groups excluding carboxylic acids is 2. The molecule has 2 amide bonds. The fourth-order valence-corrected chi connectivity index (χ4v) is 3.69. The third-order valence-corrected chi connectivity index (χ3v) is 5.46. The second-order valence-electron chi connectivity index (χ2n) is 7.79. The molecule has 0 aliphatic carbocycles. The molecule has 0 fully saturated rings. The van der Waals surface area contributed by atoms with Gasteiger partial charge in [0.15, 0.2) is 5.88 Å². The number of nitrogens with one attached hydrogen (secondary N) is 1. The van der Waals surface area contributed by atoms with Gasteiger partial charge in [-0.1, -0.05) is 48.5 Å². The average molecular weight is 457 g/mol. The maximum absolute atomic E-state index is 11.9. The van der Waals surface area contributed by atoms with Crippen molar-refractivity contribution in [3.05, 3.63) is 95.1 Å².